The summed E-state index contributed by atoms with van der Waals surface area (Å²) in [6.07, 6.45) is 1.78. The molecule has 0 saturated carbocycles. The summed E-state index contributed by atoms with van der Waals surface area (Å²) in [6, 6.07) is 10.3. The Balaban J connectivity index is 2.19. The van der Waals surface area contributed by atoms with E-state index >= 15 is 0 Å². The Bertz CT molecular complexity index is 696. The summed E-state index contributed by atoms with van der Waals surface area (Å²) in [4.78, 5) is 9.69. The molecular weight excluding hydrogens is 327 g/mol. The van der Waals surface area contributed by atoms with Gasteiger partial charge in [0, 0.05) is 22.2 Å². The molecule has 1 aromatic carbocycles. The van der Waals surface area contributed by atoms with Gasteiger partial charge < -0.3 is 0 Å². The monoisotopic (exact) mass is 334 g/mol. The number of thiophene rings is 1. The third-order valence-electron chi connectivity index (χ3n) is 2.66. The van der Waals surface area contributed by atoms with Crippen molar-refractivity contribution in [3.05, 3.63) is 58.5 Å². The van der Waals surface area contributed by atoms with Crippen LogP contribution in [0.25, 0.3) is 21.7 Å². The minimum absolute atomic E-state index is 0.255. The normalized spacial score (nSPS) is 10.6. The first-order chi connectivity index (χ1) is 9.24. The zero-order chi connectivity index (χ0) is 13.2. The molecule has 0 unspecified atom stereocenters. The molecule has 0 aliphatic rings. The minimum Gasteiger partial charge on any atom is -0.230 e. The summed E-state index contributed by atoms with van der Waals surface area (Å²) in [5.41, 5.74) is 2.61. The summed E-state index contributed by atoms with van der Waals surface area (Å²) in [7, 11) is 0. The first-order valence-electron chi connectivity index (χ1n) is 5.56. The zero-order valence-electron chi connectivity index (χ0n) is 9.68. The van der Waals surface area contributed by atoms with E-state index in [-0.39, 0.29) is 5.82 Å². The summed E-state index contributed by atoms with van der Waals surface area (Å²) in [5.74, 6) is -0.255. The van der Waals surface area contributed by atoms with Crippen LogP contribution in [0.5, 0.6) is 0 Å². The van der Waals surface area contributed by atoms with E-state index in [0.29, 0.717) is 4.73 Å². The molecule has 0 aliphatic heterocycles. The summed E-state index contributed by atoms with van der Waals surface area (Å²) < 4.78 is 13.5. The van der Waals surface area contributed by atoms with Crippen LogP contribution in [0.3, 0.4) is 0 Å². The van der Waals surface area contributed by atoms with E-state index in [9.17, 15) is 4.39 Å². The molecule has 2 aromatic heterocycles. The molecule has 0 atom stereocenters. The molecule has 19 heavy (non-hydrogen) atoms. The smallest absolute Gasteiger partial charge is 0.197 e. The van der Waals surface area contributed by atoms with Gasteiger partial charge >= 0.3 is 0 Å². The van der Waals surface area contributed by atoms with Gasteiger partial charge in [-0.05, 0) is 51.6 Å². The predicted octanol–water partition coefficient (Wildman–Crippen LogP) is 4.77. The van der Waals surface area contributed by atoms with Crippen LogP contribution in [0, 0.1) is 5.82 Å². The number of hydrogen-bond acceptors (Lipinski definition) is 3. The van der Waals surface area contributed by atoms with Crippen LogP contribution in [-0.4, -0.2) is 9.97 Å². The first-order valence-corrected chi connectivity index (χ1v) is 7.23. The van der Waals surface area contributed by atoms with Crippen LogP contribution >= 0.6 is 27.3 Å². The van der Waals surface area contributed by atoms with Crippen molar-refractivity contribution in [3.63, 3.8) is 0 Å². The Morgan fingerprint density at radius 2 is 1.89 bits per heavy atom. The fourth-order valence-corrected chi connectivity index (χ4v) is 2.82. The van der Waals surface area contributed by atoms with Crippen molar-refractivity contribution in [3.8, 4) is 21.7 Å². The van der Waals surface area contributed by atoms with Gasteiger partial charge in [0.1, 0.15) is 5.82 Å². The van der Waals surface area contributed by atoms with E-state index in [1.54, 1.807) is 29.7 Å². The Labute approximate surface area is 122 Å². The molecule has 0 spiro atoms. The van der Waals surface area contributed by atoms with E-state index in [1.807, 2.05) is 17.5 Å². The topological polar surface area (TPSA) is 25.8 Å². The highest BCUT2D eigenvalue weighted by atomic mass is 79.9. The van der Waals surface area contributed by atoms with Gasteiger partial charge in [0.05, 0.1) is 5.69 Å². The minimum atomic E-state index is -0.255. The second kappa shape index (κ2) is 5.19. The number of benzene rings is 1. The molecule has 3 rings (SSSR count). The SMILES string of the molecule is Fc1ccc(-c2nc(Br)ncc2-c2cccs2)cc1. The molecule has 94 valence electrons. The number of aromatic nitrogens is 2. The third-order valence-corrected chi connectivity index (χ3v) is 3.95. The standard InChI is InChI=1S/C14H8BrFN2S/c15-14-17-8-11(12-2-1-7-19-12)13(18-14)9-3-5-10(16)6-4-9/h1-8H. The summed E-state index contributed by atoms with van der Waals surface area (Å²) in [5, 5.41) is 2.01. The van der Waals surface area contributed by atoms with Crippen LogP contribution in [0.1, 0.15) is 0 Å². The predicted molar refractivity (Wildman–Crippen MR) is 78.4 cm³/mol. The summed E-state index contributed by atoms with van der Waals surface area (Å²) in [6.45, 7) is 0. The van der Waals surface area contributed by atoms with E-state index < -0.39 is 0 Å². The van der Waals surface area contributed by atoms with Crippen molar-refractivity contribution in [2.45, 2.75) is 0 Å². The second-order valence-corrected chi connectivity index (χ2v) is 5.54. The van der Waals surface area contributed by atoms with Gasteiger partial charge in [-0.1, -0.05) is 6.07 Å². The lowest BCUT2D eigenvalue weighted by Crippen LogP contribution is -1.92. The number of rotatable bonds is 2. The Hall–Kier alpha value is -1.59. The molecule has 0 N–H and O–H groups in total. The summed E-state index contributed by atoms with van der Waals surface area (Å²) >= 11 is 4.90. The van der Waals surface area contributed by atoms with Gasteiger partial charge in [-0.25, -0.2) is 14.4 Å². The van der Waals surface area contributed by atoms with Gasteiger partial charge in [-0.3, -0.25) is 0 Å². The molecular formula is C14H8BrFN2S. The van der Waals surface area contributed by atoms with Crippen LogP contribution in [0.15, 0.2) is 52.7 Å². The first kappa shape index (κ1) is 12.4. The van der Waals surface area contributed by atoms with Gasteiger partial charge in [0.15, 0.2) is 4.73 Å². The molecule has 0 bridgehead atoms. The van der Waals surface area contributed by atoms with Crippen LogP contribution in [-0.2, 0) is 0 Å². The highest BCUT2D eigenvalue weighted by Crippen LogP contribution is 2.33. The van der Waals surface area contributed by atoms with Crippen molar-refractivity contribution in [1.82, 2.24) is 9.97 Å². The second-order valence-electron chi connectivity index (χ2n) is 3.89. The van der Waals surface area contributed by atoms with E-state index in [2.05, 4.69) is 25.9 Å². The Morgan fingerprint density at radius 3 is 2.58 bits per heavy atom. The average Bonchev–Trinajstić information content (AvgIpc) is 2.93. The zero-order valence-corrected chi connectivity index (χ0v) is 12.1. The van der Waals surface area contributed by atoms with Crippen LogP contribution in [0.2, 0.25) is 0 Å². The Kier molecular flexibility index (Phi) is 3.40. The number of hydrogen-bond donors (Lipinski definition) is 0. The van der Waals surface area contributed by atoms with Crippen molar-refractivity contribution < 1.29 is 4.39 Å². The fraction of sp³-hybridized carbons (Fsp3) is 0. The highest BCUT2D eigenvalue weighted by Gasteiger charge is 2.11. The van der Waals surface area contributed by atoms with Gasteiger partial charge in [-0.15, -0.1) is 11.3 Å². The van der Waals surface area contributed by atoms with Crippen molar-refractivity contribution in [2.75, 3.05) is 0 Å². The molecule has 0 fully saturated rings. The maximum absolute atomic E-state index is 13.0. The average molecular weight is 335 g/mol. The number of halogens is 2. The maximum Gasteiger partial charge on any atom is 0.197 e. The fourth-order valence-electron chi connectivity index (χ4n) is 1.80. The lowest BCUT2D eigenvalue weighted by atomic mass is 10.1. The lowest BCUT2D eigenvalue weighted by Gasteiger charge is -2.07. The molecule has 0 saturated heterocycles. The van der Waals surface area contributed by atoms with E-state index in [4.69, 9.17) is 0 Å². The van der Waals surface area contributed by atoms with Crippen molar-refractivity contribution in [2.24, 2.45) is 0 Å². The van der Waals surface area contributed by atoms with Gasteiger partial charge in [0.25, 0.3) is 0 Å². The van der Waals surface area contributed by atoms with E-state index in [0.717, 1.165) is 21.7 Å². The molecule has 2 heterocycles. The molecule has 0 radical (unpaired) electrons. The van der Waals surface area contributed by atoms with Gasteiger partial charge in [0.2, 0.25) is 0 Å². The molecule has 2 nitrogen and oxygen atoms in total. The van der Waals surface area contributed by atoms with Gasteiger partial charge in [-0.2, -0.15) is 0 Å². The molecule has 5 heteroatoms. The van der Waals surface area contributed by atoms with Crippen molar-refractivity contribution in [1.29, 1.82) is 0 Å². The molecule has 0 aliphatic carbocycles. The number of nitrogens with zero attached hydrogens (tertiary/aromatic N) is 2. The van der Waals surface area contributed by atoms with E-state index in [1.165, 1.54) is 12.1 Å². The lowest BCUT2D eigenvalue weighted by molar-refractivity contribution is 0.628. The van der Waals surface area contributed by atoms with Crippen molar-refractivity contribution >= 4 is 27.3 Å². The largest absolute Gasteiger partial charge is 0.230 e. The van der Waals surface area contributed by atoms with Crippen LogP contribution < -0.4 is 0 Å². The highest BCUT2D eigenvalue weighted by molar-refractivity contribution is 9.10. The quantitative estimate of drug-likeness (QED) is 0.630. The molecule has 3 aromatic rings. The molecule has 0 amide bonds. The Morgan fingerprint density at radius 1 is 1.11 bits per heavy atom. The maximum atomic E-state index is 13.0. The van der Waals surface area contributed by atoms with Crippen LogP contribution in [0.4, 0.5) is 4.39 Å². The third kappa shape index (κ3) is 2.57.